The Morgan fingerprint density at radius 2 is 1.50 bits per heavy atom. The Morgan fingerprint density at radius 1 is 0.941 bits per heavy atom. The number of carbonyl (C=O) groups excluding carboxylic acids is 3. The van der Waals surface area contributed by atoms with Crippen molar-refractivity contribution in [3.05, 3.63) is 29.8 Å². The van der Waals surface area contributed by atoms with E-state index in [2.05, 4.69) is 16.0 Å². The van der Waals surface area contributed by atoms with E-state index in [1.165, 1.54) is 19.1 Å². The van der Waals surface area contributed by atoms with E-state index in [1.54, 1.807) is 26.0 Å². The van der Waals surface area contributed by atoms with E-state index in [-0.39, 0.29) is 12.2 Å². The zero-order chi connectivity index (χ0) is 26.0. The molecule has 1 rings (SSSR count). The summed E-state index contributed by atoms with van der Waals surface area (Å²) in [5, 5.41) is 44.6. The Bertz CT molecular complexity index is 846. The van der Waals surface area contributed by atoms with Crippen LogP contribution in [-0.2, 0) is 25.6 Å². The van der Waals surface area contributed by atoms with Crippen molar-refractivity contribution in [1.82, 2.24) is 16.0 Å². The number of nitrogens with two attached hydrogens (primary N) is 1. The monoisotopic (exact) mass is 482 g/mol. The number of amides is 3. The lowest BCUT2D eigenvalue weighted by Crippen LogP contribution is -2.60. The number of aliphatic carboxylic acids is 1. The highest BCUT2D eigenvalue weighted by Gasteiger charge is 2.33. The molecule has 0 spiro atoms. The largest absolute Gasteiger partial charge is 0.508 e. The molecule has 9 N–H and O–H groups in total. The maximum absolute atomic E-state index is 13.1. The molecular weight excluding hydrogens is 448 g/mol. The van der Waals surface area contributed by atoms with Crippen molar-refractivity contribution in [3.8, 4) is 5.75 Å². The van der Waals surface area contributed by atoms with E-state index in [0.29, 0.717) is 12.0 Å². The number of phenolic OH excluding ortho intramolecular Hbond substituents is 1. The molecule has 34 heavy (non-hydrogen) atoms. The molecule has 0 aliphatic heterocycles. The summed E-state index contributed by atoms with van der Waals surface area (Å²) in [6.45, 7) is 3.94. The van der Waals surface area contributed by atoms with E-state index in [1.807, 2.05) is 0 Å². The van der Waals surface area contributed by atoms with Crippen LogP contribution in [0.2, 0.25) is 0 Å². The van der Waals surface area contributed by atoms with Crippen molar-refractivity contribution in [3.63, 3.8) is 0 Å². The first-order chi connectivity index (χ1) is 15.9. The van der Waals surface area contributed by atoms with Gasteiger partial charge in [-0.2, -0.15) is 0 Å². The van der Waals surface area contributed by atoms with Gasteiger partial charge in [-0.1, -0.05) is 32.4 Å². The van der Waals surface area contributed by atoms with Crippen LogP contribution in [0.15, 0.2) is 24.3 Å². The predicted molar refractivity (Wildman–Crippen MR) is 121 cm³/mol. The summed E-state index contributed by atoms with van der Waals surface area (Å²) >= 11 is 0. The summed E-state index contributed by atoms with van der Waals surface area (Å²) in [7, 11) is 0. The fraction of sp³-hybridized carbons (Fsp3) is 0.545. The van der Waals surface area contributed by atoms with Crippen LogP contribution in [0.4, 0.5) is 0 Å². The lowest BCUT2D eigenvalue weighted by atomic mass is 9.96. The summed E-state index contributed by atoms with van der Waals surface area (Å²) < 4.78 is 0. The molecule has 0 aliphatic rings. The first-order valence-electron chi connectivity index (χ1n) is 10.9. The Morgan fingerprint density at radius 3 is 1.97 bits per heavy atom. The molecule has 1 aromatic rings. The number of hydrogen-bond acceptors (Lipinski definition) is 8. The topological polar surface area (TPSA) is 211 Å². The Hall–Kier alpha value is -3.22. The summed E-state index contributed by atoms with van der Waals surface area (Å²) in [6, 6.07) is 0.706. The average molecular weight is 483 g/mol. The third-order valence-electron chi connectivity index (χ3n) is 5.42. The number of carbonyl (C=O) groups is 4. The molecule has 0 saturated carbocycles. The Balaban J connectivity index is 3.14. The SMILES string of the molecule is CCC(C)C(NC(=O)C(Cc1ccc(O)cc1)NC(=O)C(N)C(C)O)C(=O)NC(CO)C(=O)O. The quantitative estimate of drug-likeness (QED) is 0.159. The van der Waals surface area contributed by atoms with Gasteiger partial charge in [-0.25, -0.2) is 4.79 Å². The molecule has 0 radical (unpaired) electrons. The second kappa shape index (κ2) is 13.5. The van der Waals surface area contributed by atoms with Crippen LogP contribution in [0.5, 0.6) is 5.75 Å². The number of aliphatic hydroxyl groups is 2. The minimum absolute atomic E-state index is 0.00953. The van der Waals surface area contributed by atoms with Crippen LogP contribution in [0.1, 0.15) is 32.8 Å². The zero-order valence-corrected chi connectivity index (χ0v) is 19.4. The summed E-state index contributed by atoms with van der Waals surface area (Å²) in [6.07, 6.45) is -0.743. The van der Waals surface area contributed by atoms with Gasteiger partial charge in [-0.3, -0.25) is 14.4 Å². The maximum atomic E-state index is 13.1. The molecule has 6 unspecified atom stereocenters. The molecule has 0 saturated heterocycles. The Kier molecular flexibility index (Phi) is 11.4. The molecule has 1 aromatic carbocycles. The van der Waals surface area contributed by atoms with Crippen molar-refractivity contribution in [1.29, 1.82) is 0 Å². The van der Waals surface area contributed by atoms with Gasteiger partial charge in [-0.15, -0.1) is 0 Å². The standard InChI is InChI=1S/C22H34N4O8/c1-4-11(2)18(21(32)25-16(10-27)22(33)34)26-19(30)15(24-20(31)17(23)12(3)28)9-13-5-7-14(29)8-6-13/h5-8,11-12,15-18,27-29H,4,9-10,23H2,1-3H3,(H,24,31)(H,25,32)(H,26,30)(H,33,34). The third-order valence-corrected chi connectivity index (χ3v) is 5.42. The van der Waals surface area contributed by atoms with Crippen molar-refractivity contribution in [2.45, 2.75) is 63.9 Å². The lowest BCUT2D eigenvalue weighted by molar-refractivity contribution is -0.143. The van der Waals surface area contributed by atoms with Gasteiger partial charge in [-0.05, 0) is 30.5 Å². The van der Waals surface area contributed by atoms with Crippen LogP contribution in [0, 0.1) is 5.92 Å². The molecule has 12 heteroatoms. The van der Waals surface area contributed by atoms with Gasteiger partial charge >= 0.3 is 5.97 Å². The number of carboxylic acid groups (broad SMARTS) is 1. The van der Waals surface area contributed by atoms with Gasteiger partial charge in [0.15, 0.2) is 0 Å². The first kappa shape index (κ1) is 28.8. The van der Waals surface area contributed by atoms with Crippen molar-refractivity contribution >= 4 is 23.7 Å². The van der Waals surface area contributed by atoms with Gasteiger partial charge in [0, 0.05) is 6.42 Å². The summed E-state index contributed by atoms with van der Waals surface area (Å²) in [5.74, 6) is -4.17. The van der Waals surface area contributed by atoms with Gasteiger partial charge < -0.3 is 42.1 Å². The molecule has 6 atom stereocenters. The second-order valence-electron chi connectivity index (χ2n) is 8.15. The normalized spacial score (nSPS) is 16.3. The van der Waals surface area contributed by atoms with E-state index >= 15 is 0 Å². The lowest BCUT2D eigenvalue weighted by Gasteiger charge is -2.28. The fourth-order valence-corrected chi connectivity index (χ4v) is 2.97. The summed E-state index contributed by atoms with van der Waals surface area (Å²) in [5.41, 5.74) is 6.25. The number of hydrogen-bond donors (Lipinski definition) is 8. The van der Waals surface area contributed by atoms with Gasteiger partial charge in [0.25, 0.3) is 0 Å². The molecule has 12 nitrogen and oxygen atoms in total. The molecule has 0 bridgehead atoms. The number of phenols is 1. The predicted octanol–water partition coefficient (Wildman–Crippen LogP) is -1.78. The van der Waals surface area contributed by atoms with Crippen molar-refractivity contribution < 1.29 is 39.6 Å². The number of benzene rings is 1. The fourth-order valence-electron chi connectivity index (χ4n) is 2.97. The van der Waals surface area contributed by atoms with Crippen LogP contribution in [0.25, 0.3) is 0 Å². The number of carboxylic acids is 1. The molecular formula is C22H34N4O8. The number of aromatic hydroxyl groups is 1. The molecule has 3 amide bonds. The number of nitrogens with one attached hydrogen (secondary N) is 3. The number of rotatable bonds is 13. The minimum Gasteiger partial charge on any atom is -0.508 e. The Labute approximate surface area is 197 Å². The minimum atomic E-state index is -1.55. The maximum Gasteiger partial charge on any atom is 0.328 e. The zero-order valence-electron chi connectivity index (χ0n) is 19.4. The first-order valence-corrected chi connectivity index (χ1v) is 10.9. The van der Waals surface area contributed by atoms with Crippen LogP contribution in [0.3, 0.4) is 0 Å². The van der Waals surface area contributed by atoms with Crippen LogP contribution in [-0.4, -0.2) is 81.0 Å². The molecule has 0 aliphatic carbocycles. The highest BCUT2D eigenvalue weighted by Crippen LogP contribution is 2.13. The molecule has 0 aromatic heterocycles. The third kappa shape index (κ3) is 8.61. The molecule has 0 heterocycles. The summed E-state index contributed by atoms with van der Waals surface area (Å²) in [4.78, 5) is 49.5. The van der Waals surface area contributed by atoms with Gasteiger partial charge in [0.2, 0.25) is 17.7 Å². The highest BCUT2D eigenvalue weighted by atomic mass is 16.4. The molecule has 0 fully saturated rings. The van der Waals surface area contributed by atoms with E-state index < -0.39 is 66.5 Å². The highest BCUT2D eigenvalue weighted by molar-refractivity contribution is 5.94. The van der Waals surface area contributed by atoms with E-state index in [4.69, 9.17) is 10.8 Å². The van der Waals surface area contributed by atoms with E-state index in [9.17, 15) is 34.5 Å². The van der Waals surface area contributed by atoms with E-state index in [0.717, 1.165) is 0 Å². The van der Waals surface area contributed by atoms with Crippen molar-refractivity contribution in [2.24, 2.45) is 11.7 Å². The second-order valence-corrected chi connectivity index (χ2v) is 8.15. The van der Waals surface area contributed by atoms with Crippen LogP contribution >= 0.6 is 0 Å². The average Bonchev–Trinajstić information content (AvgIpc) is 2.79. The van der Waals surface area contributed by atoms with Crippen LogP contribution < -0.4 is 21.7 Å². The number of aliphatic hydroxyl groups excluding tert-OH is 2. The van der Waals surface area contributed by atoms with Gasteiger partial charge in [0.05, 0.1) is 12.7 Å². The smallest absolute Gasteiger partial charge is 0.328 e. The van der Waals surface area contributed by atoms with Crippen molar-refractivity contribution in [2.75, 3.05) is 6.61 Å². The molecule has 190 valence electrons. The van der Waals surface area contributed by atoms with Gasteiger partial charge in [0.1, 0.15) is 29.9 Å².